The van der Waals surface area contributed by atoms with Crippen LogP contribution in [0.5, 0.6) is 0 Å². The molecule has 0 bridgehead atoms. The average molecular weight is 385 g/mol. The molecular weight excluding hydrogens is 367 g/mol. The lowest BCUT2D eigenvalue weighted by atomic mass is 10.2. The van der Waals surface area contributed by atoms with Crippen LogP contribution in [0.3, 0.4) is 0 Å². The molecule has 1 N–H and O–H groups in total. The molecule has 5 nitrogen and oxygen atoms in total. The highest BCUT2D eigenvalue weighted by atomic mass is 35.5. The molecule has 0 radical (unpaired) electrons. The zero-order valence-corrected chi connectivity index (χ0v) is 15.4. The first-order valence-corrected chi connectivity index (χ1v) is 9.36. The van der Waals surface area contributed by atoms with E-state index in [0.717, 1.165) is 11.6 Å². The average Bonchev–Trinajstić information content (AvgIpc) is 2.54. The summed E-state index contributed by atoms with van der Waals surface area (Å²) in [5.74, 6) is -0.897. The summed E-state index contributed by atoms with van der Waals surface area (Å²) in [4.78, 5) is 13.3. The van der Waals surface area contributed by atoms with Gasteiger partial charge in [0, 0.05) is 25.7 Å². The maximum absolute atomic E-state index is 13.3. The first-order valence-electron chi connectivity index (χ1n) is 7.50. The van der Waals surface area contributed by atoms with Gasteiger partial charge in [0.1, 0.15) is 5.82 Å². The van der Waals surface area contributed by atoms with Crippen LogP contribution >= 0.6 is 11.6 Å². The first kappa shape index (κ1) is 19.4. The van der Waals surface area contributed by atoms with Crippen molar-refractivity contribution in [3.8, 4) is 0 Å². The van der Waals surface area contributed by atoms with Crippen LogP contribution < -0.4 is 9.62 Å². The maximum Gasteiger partial charge on any atom is 0.240 e. The number of carbonyl (C=O) groups excluding carboxylic acids is 1. The van der Waals surface area contributed by atoms with E-state index in [1.807, 2.05) is 6.92 Å². The Labute approximate surface area is 151 Å². The highest BCUT2D eigenvalue weighted by Crippen LogP contribution is 2.22. The van der Waals surface area contributed by atoms with Crippen LogP contribution in [-0.4, -0.2) is 27.4 Å². The molecule has 0 aliphatic rings. The number of rotatable bonds is 6. The van der Waals surface area contributed by atoms with Crippen LogP contribution in [0.1, 0.15) is 12.5 Å². The van der Waals surface area contributed by atoms with Gasteiger partial charge in [0.2, 0.25) is 15.9 Å². The molecule has 0 saturated heterocycles. The van der Waals surface area contributed by atoms with Crippen molar-refractivity contribution in [3.63, 3.8) is 0 Å². The number of hydrogen-bond acceptors (Lipinski definition) is 3. The summed E-state index contributed by atoms with van der Waals surface area (Å²) in [6.45, 7) is 3.29. The van der Waals surface area contributed by atoms with Gasteiger partial charge in [-0.05, 0) is 37.3 Å². The molecular formula is C17H18ClFN2O3S. The largest absolute Gasteiger partial charge is 0.311 e. The van der Waals surface area contributed by atoms with E-state index in [1.165, 1.54) is 36.1 Å². The molecule has 0 fully saturated rings. The van der Waals surface area contributed by atoms with Crippen molar-refractivity contribution < 1.29 is 17.6 Å². The number of sulfonamides is 1. The first-order chi connectivity index (χ1) is 11.7. The molecule has 2 aromatic carbocycles. The van der Waals surface area contributed by atoms with Gasteiger partial charge in [0.25, 0.3) is 0 Å². The lowest BCUT2D eigenvalue weighted by Crippen LogP contribution is -2.37. The molecule has 2 aromatic rings. The van der Waals surface area contributed by atoms with E-state index in [2.05, 4.69) is 4.72 Å². The molecule has 0 saturated carbocycles. The fourth-order valence-electron chi connectivity index (χ4n) is 2.21. The topological polar surface area (TPSA) is 66.5 Å². The minimum absolute atomic E-state index is 0.00475. The summed E-state index contributed by atoms with van der Waals surface area (Å²) in [6, 6.07) is 10.3. The number of amides is 1. The summed E-state index contributed by atoms with van der Waals surface area (Å²) < 4.78 is 40.2. The van der Waals surface area contributed by atoms with E-state index in [4.69, 9.17) is 11.6 Å². The smallest absolute Gasteiger partial charge is 0.240 e. The molecule has 134 valence electrons. The van der Waals surface area contributed by atoms with Gasteiger partial charge in [-0.25, -0.2) is 17.5 Å². The molecule has 0 aromatic heterocycles. The second-order valence-electron chi connectivity index (χ2n) is 5.48. The molecule has 0 spiro atoms. The fraction of sp³-hybridized carbons (Fsp3) is 0.235. The Morgan fingerprint density at radius 2 is 1.84 bits per heavy atom. The van der Waals surface area contributed by atoms with Crippen molar-refractivity contribution in [2.45, 2.75) is 18.7 Å². The number of benzene rings is 2. The van der Waals surface area contributed by atoms with Gasteiger partial charge in [-0.15, -0.1) is 0 Å². The second-order valence-corrected chi connectivity index (χ2v) is 7.65. The van der Waals surface area contributed by atoms with E-state index in [-0.39, 0.29) is 28.9 Å². The minimum Gasteiger partial charge on any atom is -0.311 e. The van der Waals surface area contributed by atoms with Crippen molar-refractivity contribution in [3.05, 3.63) is 58.9 Å². The van der Waals surface area contributed by atoms with Crippen LogP contribution in [-0.2, 0) is 14.8 Å². The van der Waals surface area contributed by atoms with Crippen LogP contribution in [0.2, 0.25) is 5.02 Å². The highest BCUT2D eigenvalue weighted by molar-refractivity contribution is 7.89. The number of anilines is 1. The van der Waals surface area contributed by atoms with Gasteiger partial charge in [0.15, 0.2) is 0 Å². The van der Waals surface area contributed by atoms with Gasteiger partial charge in [0.05, 0.1) is 9.92 Å². The fourth-order valence-corrected chi connectivity index (χ4v) is 3.41. The summed E-state index contributed by atoms with van der Waals surface area (Å²) in [5.41, 5.74) is 1.35. The SMILES string of the molecule is CC(=O)N(CCNS(=O)(=O)c1ccc(C)cc1)c1ccc(F)c(Cl)c1. The van der Waals surface area contributed by atoms with E-state index in [1.54, 1.807) is 12.1 Å². The Bertz CT molecular complexity index is 870. The predicted octanol–water partition coefficient (Wildman–Crippen LogP) is 3.12. The van der Waals surface area contributed by atoms with Crippen molar-refractivity contribution in [1.29, 1.82) is 0 Å². The molecule has 8 heteroatoms. The Hall–Kier alpha value is -1.96. The highest BCUT2D eigenvalue weighted by Gasteiger charge is 2.17. The molecule has 0 aliphatic carbocycles. The predicted molar refractivity (Wildman–Crippen MR) is 95.8 cm³/mol. The van der Waals surface area contributed by atoms with Crippen molar-refractivity contribution >= 4 is 33.2 Å². The molecule has 0 atom stereocenters. The van der Waals surface area contributed by atoms with Gasteiger partial charge >= 0.3 is 0 Å². The summed E-state index contributed by atoms with van der Waals surface area (Å²) in [7, 11) is -3.67. The molecule has 25 heavy (non-hydrogen) atoms. The normalized spacial score (nSPS) is 11.4. The number of hydrogen-bond donors (Lipinski definition) is 1. The number of halogens is 2. The Kier molecular flexibility index (Phi) is 6.16. The number of nitrogens with zero attached hydrogens (tertiary/aromatic N) is 1. The van der Waals surface area contributed by atoms with E-state index < -0.39 is 15.8 Å². The Morgan fingerprint density at radius 3 is 2.40 bits per heavy atom. The lowest BCUT2D eigenvalue weighted by molar-refractivity contribution is -0.116. The molecule has 2 rings (SSSR count). The molecule has 0 aliphatic heterocycles. The van der Waals surface area contributed by atoms with Gasteiger partial charge in [-0.3, -0.25) is 4.79 Å². The summed E-state index contributed by atoms with van der Waals surface area (Å²) in [6.07, 6.45) is 0. The van der Waals surface area contributed by atoms with Crippen LogP contribution in [0.25, 0.3) is 0 Å². The lowest BCUT2D eigenvalue weighted by Gasteiger charge is -2.21. The van der Waals surface area contributed by atoms with Crippen LogP contribution in [0, 0.1) is 12.7 Å². The molecule has 0 unspecified atom stereocenters. The van der Waals surface area contributed by atoms with Gasteiger partial charge < -0.3 is 4.90 Å². The Morgan fingerprint density at radius 1 is 1.20 bits per heavy atom. The Balaban J connectivity index is 2.07. The monoisotopic (exact) mass is 384 g/mol. The van der Waals surface area contributed by atoms with E-state index >= 15 is 0 Å². The third-order valence-corrected chi connectivity index (χ3v) is 5.32. The van der Waals surface area contributed by atoms with Gasteiger partial charge in [-0.1, -0.05) is 29.3 Å². The third-order valence-electron chi connectivity index (χ3n) is 3.55. The third kappa shape index (κ3) is 5.01. The minimum atomic E-state index is -3.67. The zero-order valence-electron chi connectivity index (χ0n) is 13.8. The second kappa shape index (κ2) is 7.95. The van der Waals surface area contributed by atoms with E-state index in [9.17, 15) is 17.6 Å². The van der Waals surface area contributed by atoms with Crippen molar-refractivity contribution in [1.82, 2.24) is 4.72 Å². The zero-order chi connectivity index (χ0) is 18.6. The molecule has 1 amide bonds. The quantitative estimate of drug-likeness (QED) is 0.832. The maximum atomic E-state index is 13.3. The van der Waals surface area contributed by atoms with Crippen LogP contribution in [0.15, 0.2) is 47.4 Å². The standard InChI is InChI=1S/C17H18ClFN2O3S/c1-12-3-6-15(7-4-12)25(23,24)20-9-10-21(13(2)22)14-5-8-17(19)16(18)11-14/h3-8,11,20H,9-10H2,1-2H3. The molecule has 0 heterocycles. The van der Waals surface area contributed by atoms with Crippen molar-refractivity contribution in [2.75, 3.05) is 18.0 Å². The number of nitrogens with one attached hydrogen (secondary N) is 1. The van der Waals surface area contributed by atoms with E-state index in [0.29, 0.717) is 5.69 Å². The van der Waals surface area contributed by atoms with Crippen LogP contribution in [0.4, 0.5) is 10.1 Å². The summed E-state index contributed by atoms with van der Waals surface area (Å²) >= 11 is 5.74. The van der Waals surface area contributed by atoms with Gasteiger partial charge in [-0.2, -0.15) is 0 Å². The number of aryl methyl sites for hydroxylation is 1. The van der Waals surface area contributed by atoms with Crippen molar-refractivity contribution in [2.24, 2.45) is 0 Å². The summed E-state index contributed by atoms with van der Waals surface area (Å²) in [5, 5.41) is -0.107. The number of carbonyl (C=O) groups is 1.